The normalized spacial score (nSPS) is 12.8. The lowest BCUT2D eigenvalue weighted by Gasteiger charge is -2.17. The number of hydrogen-bond donors (Lipinski definition) is 4. The average Bonchev–Trinajstić information content (AvgIpc) is 2.30. The van der Waals surface area contributed by atoms with Crippen LogP contribution in [0.25, 0.3) is 0 Å². The highest BCUT2D eigenvalue weighted by Crippen LogP contribution is 2.26. The summed E-state index contributed by atoms with van der Waals surface area (Å²) in [5.74, 6) is -0.223. The Morgan fingerprint density at radius 1 is 1.37 bits per heavy atom. The average molecular weight is 286 g/mol. The van der Waals surface area contributed by atoms with Gasteiger partial charge in [0.15, 0.2) is 0 Å². The molecule has 0 saturated carbocycles. The summed E-state index contributed by atoms with van der Waals surface area (Å²) in [6.07, 6.45) is 0. The van der Waals surface area contributed by atoms with E-state index in [0.29, 0.717) is 11.3 Å². The van der Waals surface area contributed by atoms with Crippen LogP contribution in [0, 0.1) is 6.92 Å². The van der Waals surface area contributed by atoms with E-state index in [9.17, 15) is 13.2 Å². The maximum absolute atomic E-state index is 11.4. The Balaban J connectivity index is 3.23. The first-order valence-electron chi connectivity index (χ1n) is 5.58. The van der Waals surface area contributed by atoms with Gasteiger partial charge in [-0.1, -0.05) is 0 Å². The number of anilines is 2. The third kappa shape index (κ3) is 3.58. The molecule has 0 aliphatic carbocycles. The standard InChI is InChI=1S/C11H18N4O3S/c1-6-9(15-7(2)11(16)14-3)4-8(12)5-10(6)19(13,17)18/h4-5,7,15H,12H2,1-3H3,(H,14,16)(H2,13,17,18). The second kappa shape index (κ2) is 5.45. The van der Waals surface area contributed by atoms with Gasteiger partial charge < -0.3 is 16.4 Å². The number of benzene rings is 1. The first kappa shape index (κ1) is 15.3. The predicted molar refractivity (Wildman–Crippen MR) is 74.1 cm³/mol. The highest BCUT2D eigenvalue weighted by molar-refractivity contribution is 7.89. The van der Waals surface area contributed by atoms with Crippen LogP contribution < -0.4 is 21.5 Å². The molecule has 1 unspecified atom stereocenters. The Kier molecular flexibility index (Phi) is 4.38. The Bertz CT molecular complexity index is 598. The lowest BCUT2D eigenvalue weighted by Crippen LogP contribution is -2.35. The highest BCUT2D eigenvalue weighted by atomic mass is 32.2. The number of sulfonamides is 1. The molecule has 0 saturated heterocycles. The second-order valence-electron chi connectivity index (χ2n) is 4.22. The van der Waals surface area contributed by atoms with Crippen molar-refractivity contribution in [3.05, 3.63) is 17.7 Å². The maximum Gasteiger partial charge on any atom is 0.241 e. The van der Waals surface area contributed by atoms with E-state index in [1.54, 1.807) is 19.9 Å². The lowest BCUT2D eigenvalue weighted by atomic mass is 10.1. The summed E-state index contributed by atoms with van der Waals surface area (Å²) >= 11 is 0. The molecule has 7 nitrogen and oxygen atoms in total. The van der Waals surface area contributed by atoms with Crippen LogP contribution in [0.1, 0.15) is 12.5 Å². The van der Waals surface area contributed by atoms with Gasteiger partial charge in [0.25, 0.3) is 0 Å². The van der Waals surface area contributed by atoms with Gasteiger partial charge in [0.2, 0.25) is 15.9 Å². The van der Waals surface area contributed by atoms with E-state index in [4.69, 9.17) is 10.9 Å². The number of nitrogens with two attached hydrogens (primary N) is 2. The number of primary sulfonamides is 1. The zero-order valence-electron chi connectivity index (χ0n) is 11.0. The van der Waals surface area contributed by atoms with Gasteiger partial charge in [-0.15, -0.1) is 0 Å². The van der Waals surface area contributed by atoms with Crippen molar-refractivity contribution in [1.29, 1.82) is 0 Å². The summed E-state index contributed by atoms with van der Waals surface area (Å²) in [4.78, 5) is 11.4. The third-order valence-corrected chi connectivity index (χ3v) is 3.74. The zero-order valence-corrected chi connectivity index (χ0v) is 11.8. The topological polar surface area (TPSA) is 127 Å². The van der Waals surface area contributed by atoms with Gasteiger partial charge in [0, 0.05) is 18.4 Å². The summed E-state index contributed by atoms with van der Waals surface area (Å²) in [5, 5.41) is 10.5. The van der Waals surface area contributed by atoms with Crippen molar-refractivity contribution >= 4 is 27.3 Å². The van der Waals surface area contributed by atoms with Crippen LogP contribution in [0.2, 0.25) is 0 Å². The molecule has 0 radical (unpaired) electrons. The lowest BCUT2D eigenvalue weighted by molar-refractivity contribution is -0.121. The van der Waals surface area contributed by atoms with Gasteiger partial charge >= 0.3 is 0 Å². The molecule has 1 rings (SSSR count). The molecule has 0 heterocycles. The molecule has 1 atom stereocenters. The Morgan fingerprint density at radius 3 is 2.42 bits per heavy atom. The predicted octanol–water partition coefficient (Wildman–Crippen LogP) is -0.229. The molecule has 19 heavy (non-hydrogen) atoms. The monoisotopic (exact) mass is 286 g/mol. The number of carbonyl (C=O) groups is 1. The molecule has 0 aliphatic rings. The van der Waals surface area contributed by atoms with Gasteiger partial charge in [-0.05, 0) is 31.5 Å². The van der Waals surface area contributed by atoms with Crippen molar-refractivity contribution in [2.75, 3.05) is 18.1 Å². The van der Waals surface area contributed by atoms with Gasteiger partial charge in [-0.25, -0.2) is 13.6 Å². The first-order valence-corrected chi connectivity index (χ1v) is 7.12. The summed E-state index contributed by atoms with van der Waals surface area (Å²) in [6, 6.07) is 2.32. The van der Waals surface area contributed by atoms with E-state index >= 15 is 0 Å². The fourth-order valence-corrected chi connectivity index (χ4v) is 2.51. The van der Waals surface area contributed by atoms with Gasteiger partial charge in [-0.2, -0.15) is 0 Å². The number of hydrogen-bond acceptors (Lipinski definition) is 5. The number of likely N-dealkylation sites (N-methyl/N-ethyl adjacent to an activating group) is 1. The molecule has 0 aromatic heterocycles. The maximum atomic E-state index is 11.4. The van der Waals surface area contributed by atoms with Gasteiger partial charge in [0.1, 0.15) is 6.04 Å². The molecule has 1 aromatic carbocycles. The van der Waals surface area contributed by atoms with Crippen LogP contribution in [0.5, 0.6) is 0 Å². The SMILES string of the molecule is CNC(=O)C(C)Nc1cc(N)cc(S(N)(=O)=O)c1C. The molecule has 0 aliphatic heterocycles. The Labute approximate surface area is 112 Å². The van der Waals surface area contributed by atoms with Crippen molar-refractivity contribution in [1.82, 2.24) is 5.32 Å². The minimum Gasteiger partial charge on any atom is -0.399 e. The fourth-order valence-electron chi connectivity index (χ4n) is 1.67. The van der Waals surface area contributed by atoms with Crippen LogP contribution in [-0.2, 0) is 14.8 Å². The van der Waals surface area contributed by atoms with Crippen molar-refractivity contribution in [2.24, 2.45) is 5.14 Å². The molecular formula is C11H18N4O3S. The minimum absolute atomic E-state index is 0.0564. The third-order valence-electron chi connectivity index (χ3n) is 2.70. The van der Waals surface area contributed by atoms with E-state index in [1.165, 1.54) is 13.1 Å². The van der Waals surface area contributed by atoms with Crippen LogP contribution in [0.15, 0.2) is 17.0 Å². The van der Waals surface area contributed by atoms with Crippen molar-refractivity contribution in [2.45, 2.75) is 24.8 Å². The summed E-state index contributed by atoms with van der Waals surface area (Å²) in [6.45, 7) is 3.25. The van der Waals surface area contributed by atoms with Crippen LogP contribution in [0.4, 0.5) is 11.4 Å². The summed E-state index contributed by atoms with van der Waals surface area (Å²) < 4.78 is 22.9. The zero-order chi connectivity index (χ0) is 14.8. The van der Waals surface area contributed by atoms with E-state index in [2.05, 4.69) is 10.6 Å². The van der Waals surface area contributed by atoms with Crippen LogP contribution >= 0.6 is 0 Å². The number of amides is 1. The summed E-state index contributed by atoms with van der Waals surface area (Å²) in [5.41, 5.74) is 6.78. The molecule has 0 fully saturated rings. The summed E-state index contributed by atoms with van der Waals surface area (Å²) in [7, 11) is -2.34. The molecule has 106 valence electrons. The number of nitrogen functional groups attached to an aromatic ring is 1. The largest absolute Gasteiger partial charge is 0.399 e. The smallest absolute Gasteiger partial charge is 0.241 e. The fraction of sp³-hybridized carbons (Fsp3) is 0.364. The Hall–Kier alpha value is -1.80. The van der Waals surface area contributed by atoms with Gasteiger partial charge in [-0.3, -0.25) is 4.79 Å². The first-order chi connectivity index (χ1) is 8.66. The van der Waals surface area contributed by atoms with Crippen LogP contribution in [0.3, 0.4) is 0 Å². The molecule has 0 bridgehead atoms. The van der Waals surface area contributed by atoms with Crippen molar-refractivity contribution in [3.8, 4) is 0 Å². The minimum atomic E-state index is -3.86. The number of rotatable bonds is 4. The van der Waals surface area contributed by atoms with Crippen molar-refractivity contribution in [3.63, 3.8) is 0 Å². The van der Waals surface area contributed by atoms with Crippen LogP contribution in [-0.4, -0.2) is 27.4 Å². The van der Waals surface area contributed by atoms with E-state index < -0.39 is 16.1 Å². The van der Waals surface area contributed by atoms with E-state index in [-0.39, 0.29) is 16.5 Å². The number of nitrogens with one attached hydrogen (secondary N) is 2. The molecule has 1 amide bonds. The van der Waals surface area contributed by atoms with E-state index in [0.717, 1.165) is 0 Å². The molecular weight excluding hydrogens is 268 g/mol. The highest BCUT2D eigenvalue weighted by Gasteiger charge is 2.18. The molecule has 8 heteroatoms. The molecule has 0 spiro atoms. The van der Waals surface area contributed by atoms with E-state index in [1.807, 2.05) is 0 Å². The molecule has 1 aromatic rings. The van der Waals surface area contributed by atoms with Crippen molar-refractivity contribution < 1.29 is 13.2 Å². The van der Waals surface area contributed by atoms with Gasteiger partial charge in [0.05, 0.1) is 4.90 Å². The number of carbonyl (C=O) groups excluding carboxylic acids is 1. The molecule has 6 N–H and O–H groups in total. The Morgan fingerprint density at radius 2 is 1.95 bits per heavy atom. The quantitative estimate of drug-likeness (QED) is 0.569. The second-order valence-corrected chi connectivity index (χ2v) is 5.75.